The van der Waals surface area contributed by atoms with E-state index in [0.29, 0.717) is 5.76 Å². The number of aryl methyl sites for hydroxylation is 2. The molecule has 0 saturated carbocycles. The van der Waals surface area contributed by atoms with E-state index >= 15 is 0 Å². The van der Waals surface area contributed by atoms with E-state index in [2.05, 4.69) is 32.0 Å². The van der Waals surface area contributed by atoms with Gasteiger partial charge in [-0.1, -0.05) is 32.0 Å². The Kier molecular flexibility index (Phi) is 3.43. The minimum absolute atomic E-state index is 0.382. The van der Waals surface area contributed by atoms with Gasteiger partial charge in [0.05, 0.1) is 0 Å². The first-order valence-corrected chi connectivity index (χ1v) is 5.96. The summed E-state index contributed by atoms with van der Waals surface area (Å²) in [6.07, 6.45) is 2.66. The molecular weight excluding hydrogens is 212 g/mol. The molecule has 0 saturated heterocycles. The van der Waals surface area contributed by atoms with E-state index in [1.54, 1.807) is 6.07 Å². The third-order valence-electron chi connectivity index (χ3n) is 2.99. The predicted octanol–water partition coefficient (Wildman–Crippen LogP) is 3.88. The normalized spacial score (nSPS) is 10.5. The SMILES string of the molecule is CCc1cccc(CC)c1-c1ccc(C=O)o1. The van der Waals surface area contributed by atoms with E-state index in [4.69, 9.17) is 4.42 Å². The van der Waals surface area contributed by atoms with Gasteiger partial charge in [0.1, 0.15) is 5.76 Å². The minimum atomic E-state index is 0.382. The molecule has 1 heterocycles. The highest BCUT2D eigenvalue weighted by Gasteiger charge is 2.12. The fourth-order valence-electron chi connectivity index (χ4n) is 2.11. The highest BCUT2D eigenvalue weighted by atomic mass is 16.3. The van der Waals surface area contributed by atoms with Gasteiger partial charge < -0.3 is 4.42 Å². The van der Waals surface area contributed by atoms with Crippen molar-refractivity contribution >= 4 is 6.29 Å². The van der Waals surface area contributed by atoms with Gasteiger partial charge in [0.2, 0.25) is 0 Å². The minimum Gasteiger partial charge on any atom is -0.453 e. The van der Waals surface area contributed by atoms with Crippen LogP contribution in [-0.2, 0) is 12.8 Å². The van der Waals surface area contributed by atoms with Crippen molar-refractivity contribution in [2.75, 3.05) is 0 Å². The first-order valence-electron chi connectivity index (χ1n) is 5.96. The number of hydrogen-bond donors (Lipinski definition) is 0. The van der Waals surface area contributed by atoms with Crippen molar-refractivity contribution in [2.24, 2.45) is 0 Å². The Morgan fingerprint density at radius 2 is 1.71 bits per heavy atom. The van der Waals surface area contributed by atoms with Crippen molar-refractivity contribution < 1.29 is 9.21 Å². The van der Waals surface area contributed by atoms with Crippen molar-refractivity contribution in [3.8, 4) is 11.3 Å². The van der Waals surface area contributed by atoms with Crippen LogP contribution in [0.1, 0.15) is 35.5 Å². The molecule has 0 aliphatic heterocycles. The quantitative estimate of drug-likeness (QED) is 0.743. The zero-order valence-electron chi connectivity index (χ0n) is 10.2. The molecule has 17 heavy (non-hydrogen) atoms. The summed E-state index contributed by atoms with van der Waals surface area (Å²) in [6, 6.07) is 9.88. The Labute approximate surface area is 101 Å². The van der Waals surface area contributed by atoms with Crippen molar-refractivity contribution in [1.29, 1.82) is 0 Å². The summed E-state index contributed by atoms with van der Waals surface area (Å²) in [5.41, 5.74) is 3.66. The van der Waals surface area contributed by atoms with Gasteiger partial charge in [-0.05, 0) is 36.1 Å². The van der Waals surface area contributed by atoms with Gasteiger partial charge in [-0.15, -0.1) is 0 Å². The fraction of sp³-hybridized carbons (Fsp3) is 0.267. The highest BCUT2D eigenvalue weighted by Crippen LogP contribution is 2.30. The standard InChI is InChI=1S/C15H16O2/c1-3-11-6-5-7-12(4-2)15(11)14-9-8-13(10-16)17-14/h5-10H,3-4H2,1-2H3. The molecule has 0 bridgehead atoms. The number of carbonyl (C=O) groups is 1. The summed E-state index contributed by atoms with van der Waals surface area (Å²) in [6.45, 7) is 4.25. The zero-order valence-corrected chi connectivity index (χ0v) is 10.2. The van der Waals surface area contributed by atoms with Gasteiger partial charge in [-0.25, -0.2) is 0 Å². The topological polar surface area (TPSA) is 30.2 Å². The smallest absolute Gasteiger partial charge is 0.185 e. The number of carbonyl (C=O) groups excluding carboxylic acids is 1. The second-order valence-electron chi connectivity index (χ2n) is 3.98. The molecule has 0 radical (unpaired) electrons. The van der Waals surface area contributed by atoms with Gasteiger partial charge in [-0.3, -0.25) is 4.79 Å². The number of rotatable bonds is 4. The molecule has 0 amide bonds. The second-order valence-corrected chi connectivity index (χ2v) is 3.98. The molecule has 88 valence electrons. The Hall–Kier alpha value is -1.83. The largest absolute Gasteiger partial charge is 0.453 e. The summed E-state index contributed by atoms with van der Waals surface area (Å²) in [7, 11) is 0. The zero-order chi connectivity index (χ0) is 12.3. The number of furan rings is 1. The predicted molar refractivity (Wildman–Crippen MR) is 68.3 cm³/mol. The molecule has 1 aromatic carbocycles. The average Bonchev–Trinajstić information content (AvgIpc) is 2.86. The molecule has 2 rings (SSSR count). The molecule has 0 N–H and O–H groups in total. The summed E-state index contributed by atoms with van der Waals surface area (Å²) in [5.74, 6) is 1.18. The first-order chi connectivity index (χ1) is 8.30. The summed E-state index contributed by atoms with van der Waals surface area (Å²) >= 11 is 0. The lowest BCUT2D eigenvalue weighted by Crippen LogP contribution is -1.93. The lowest BCUT2D eigenvalue weighted by atomic mass is 9.96. The van der Waals surface area contributed by atoms with Crippen molar-refractivity contribution in [1.82, 2.24) is 0 Å². The maximum atomic E-state index is 10.7. The third kappa shape index (κ3) is 2.16. The summed E-state index contributed by atoms with van der Waals surface area (Å²) in [5, 5.41) is 0. The molecule has 1 aromatic heterocycles. The summed E-state index contributed by atoms with van der Waals surface area (Å²) < 4.78 is 5.54. The number of hydrogen-bond acceptors (Lipinski definition) is 2. The summed E-state index contributed by atoms with van der Waals surface area (Å²) in [4.78, 5) is 10.7. The Morgan fingerprint density at radius 1 is 1.06 bits per heavy atom. The molecule has 0 aliphatic carbocycles. The van der Waals surface area contributed by atoms with E-state index in [1.165, 1.54) is 11.1 Å². The van der Waals surface area contributed by atoms with Crippen LogP contribution in [0.5, 0.6) is 0 Å². The van der Waals surface area contributed by atoms with Crippen molar-refractivity contribution in [3.63, 3.8) is 0 Å². The lowest BCUT2D eigenvalue weighted by molar-refractivity contribution is 0.110. The van der Waals surface area contributed by atoms with E-state index < -0.39 is 0 Å². The van der Waals surface area contributed by atoms with Crippen molar-refractivity contribution in [3.05, 3.63) is 47.2 Å². The second kappa shape index (κ2) is 5.00. The van der Waals surface area contributed by atoms with Crippen LogP contribution in [0.2, 0.25) is 0 Å². The van der Waals surface area contributed by atoms with Crippen LogP contribution >= 0.6 is 0 Å². The number of aldehydes is 1. The molecule has 0 unspecified atom stereocenters. The van der Waals surface area contributed by atoms with Crippen molar-refractivity contribution in [2.45, 2.75) is 26.7 Å². The van der Waals surface area contributed by atoms with E-state index in [9.17, 15) is 4.79 Å². The van der Waals surface area contributed by atoms with Crippen LogP contribution in [0.4, 0.5) is 0 Å². The molecule has 2 nitrogen and oxygen atoms in total. The Balaban J connectivity index is 2.59. The monoisotopic (exact) mass is 228 g/mol. The van der Waals surface area contributed by atoms with Gasteiger partial charge in [0.15, 0.2) is 12.0 Å². The van der Waals surface area contributed by atoms with Crippen LogP contribution < -0.4 is 0 Å². The first kappa shape index (κ1) is 11.6. The van der Waals surface area contributed by atoms with Gasteiger partial charge >= 0.3 is 0 Å². The fourth-order valence-corrected chi connectivity index (χ4v) is 2.11. The van der Waals surface area contributed by atoms with Crippen LogP contribution in [0.15, 0.2) is 34.7 Å². The third-order valence-corrected chi connectivity index (χ3v) is 2.99. The van der Waals surface area contributed by atoms with E-state index in [1.807, 2.05) is 6.07 Å². The lowest BCUT2D eigenvalue weighted by Gasteiger charge is -2.10. The van der Waals surface area contributed by atoms with Gasteiger partial charge in [0.25, 0.3) is 0 Å². The molecule has 0 atom stereocenters. The molecular formula is C15H16O2. The maximum absolute atomic E-state index is 10.7. The molecule has 0 aliphatic rings. The molecule has 0 spiro atoms. The van der Waals surface area contributed by atoms with Crippen LogP contribution in [0.25, 0.3) is 11.3 Å². The van der Waals surface area contributed by atoms with Crippen LogP contribution in [0.3, 0.4) is 0 Å². The van der Waals surface area contributed by atoms with E-state index in [-0.39, 0.29) is 0 Å². The van der Waals surface area contributed by atoms with Gasteiger partial charge in [-0.2, -0.15) is 0 Å². The average molecular weight is 228 g/mol. The molecule has 2 heteroatoms. The number of benzene rings is 1. The van der Waals surface area contributed by atoms with Gasteiger partial charge in [0, 0.05) is 5.56 Å². The molecule has 2 aromatic rings. The Morgan fingerprint density at radius 3 is 2.18 bits per heavy atom. The van der Waals surface area contributed by atoms with Crippen LogP contribution in [-0.4, -0.2) is 6.29 Å². The molecule has 0 fully saturated rings. The highest BCUT2D eigenvalue weighted by molar-refractivity contribution is 5.74. The maximum Gasteiger partial charge on any atom is 0.185 e. The van der Waals surface area contributed by atoms with E-state index in [0.717, 1.165) is 30.5 Å². The van der Waals surface area contributed by atoms with Crippen LogP contribution in [0, 0.1) is 0 Å². The Bertz CT molecular complexity index is 501.